The summed E-state index contributed by atoms with van der Waals surface area (Å²) in [5.74, 6) is 0.0213. The van der Waals surface area contributed by atoms with Gasteiger partial charge < -0.3 is 10.2 Å². The lowest BCUT2D eigenvalue weighted by Gasteiger charge is -2.29. The van der Waals surface area contributed by atoms with E-state index in [2.05, 4.69) is 17.3 Å². The van der Waals surface area contributed by atoms with E-state index in [9.17, 15) is 9.59 Å². The lowest BCUT2D eigenvalue weighted by Crippen LogP contribution is -2.43. The van der Waals surface area contributed by atoms with Crippen LogP contribution in [0.5, 0.6) is 0 Å². The van der Waals surface area contributed by atoms with Crippen LogP contribution in [-0.4, -0.2) is 42.8 Å². The number of likely N-dealkylation sites (tertiary alicyclic amines) is 1. The number of rotatable bonds is 5. The molecule has 1 heterocycles. The van der Waals surface area contributed by atoms with Gasteiger partial charge in [0.05, 0.1) is 0 Å². The topological polar surface area (TPSA) is 49.4 Å². The smallest absolute Gasteiger partial charge is 0.220 e. The van der Waals surface area contributed by atoms with Gasteiger partial charge in [-0.3, -0.25) is 9.59 Å². The maximum Gasteiger partial charge on any atom is 0.220 e. The highest BCUT2D eigenvalue weighted by molar-refractivity contribution is 5.97. The van der Waals surface area contributed by atoms with Crippen molar-refractivity contribution in [3.8, 4) is 0 Å². The van der Waals surface area contributed by atoms with Crippen molar-refractivity contribution >= 4 is 11.7 Å². The SMILES string of the molecule is CN1CCC(NC(=O)CCC(=O)c2ccccc2)CC1. The molecule has 1 aromatic carbocycles. The second-order valence-corrected chi connectivity index (χ2v) is 5.43. The first kappa shape index (κ1) is 14.7. The highest BCUT2D eigenvalue weighted by atomic mass is 16.2. The number of hydrogen-bond donors (Lipinski definition) is 1. The molecule has 20 heavy (non-hydrogen) atoms. The summed E-state index contributed by atoms with van der Waals surface area (Å²) in [5, 5.41) is 3.03. The highest BCUT2D eigenvalue weighted by Crippen LogP contribution is 2.09. The third-order valence-electron chi connectivity index (χ3n) is 3.76. The summed E-state index contributed by atoms with van der Waals surface area (Å²) in [6.07, 6.45) is 2.55. The summed E-state index contributed by atoms with van der Waals surface area (Å²) in [6, 6.07) is 9.40. The first-order valence-electron chi connectivity index (χ1n) is 7.21. The molecule has 1 amide bonds. The van der Waals surface area contributed by atoms with Crippen molar-refractivity contribution in [2.45, 2.75) is 31.7 Å². The van der Waals surface area contributed by atoms with Gasteiger partial charge >= 0.3 is 0 Å². The number of piperidine rings is 1. The molecule has 0 bridgehead atoms. The Hall–Kier alpha value is -1.68. The molecule has 0 radical (unpaired) electrons. The van der Waals surface area contributed by atoms with Gasteiger partial charge in [0, 0.05) is 24.4 Å². The number of benzene rings is 1. The number of amides is 1. The fourth-order valence-electron chi connectivity index (χ4n) is 2.45. The van der Waals surface area contributed by atoms with Crippen molar-refractivity contribution in [2.75, 3.05) is 20.1 Å². The molecule has 0 aliphatic carbocycles. The maximum atomic E-state index is 11.9. The zero-order chi connectivity index (χ0) is 14.4. The van der Waals surface area contributed by atoms with Crippen molar-refractivity contribution in [2.24, 2.45) is 0 Å². The third-order valence-corrected chi connectivity index (χ3v) is 3.76. The summed E-state index contributed by atoms with van der Waals surface area (Å²) < 4.78 is 0. The van der Waals surface area contributed by atoms with Gasteiger partial charge in [-0.1, -0.05) is 30.3 Å². The molecule has 1 saturated heterocycles. The third kappa shape index (κ3) is 4.46. The second-order valence-electron chi connectivity index (χ2n) is 5.43. The van der Waals surface area contributed by atoms with Crippen molar-refractivity contribution in [3.63, 3.8) is 0 Å². The Labute approximate surface area is 120 Å². The summed E-state index contributed by atoms with van der Waals surface area (Å²) in [7, 11) is 2.09. The van der Waals surface area contributed by atoms with E-state index in [1.165, 1.54) is 0 Å². The molecule has 0 spiro atoms. The zero-order valence-corrected chi connectivity index (χ0v) is 12.0. The maximum absolute atomic E-state index is 11.9. The van der Waals surface area contributed by atoms with E-state index < -0.39 is 0 Å². The van der Waals surface area contributed by atoms with Gasteiger partial charge in [-0.25, -0.2) is 0 Å². The largest absolute Gasteiger partial charge is 0.353 e. The summed E-state index contributed by atoms with van der Waals surface area (Å²) in [4.78, 5) is 26.0. The zero-order valence-electron chi connectivity index (χ0n) is 12.0. The Morgan fingerprint density at radius 1 is 1.15 bits per heavy atom. The Balaban J connectivity index is 1.71. The van der Waals surface area contributed by atoms with Gasteiger partial charge in [0.2, 0.25) is 5.91 Å². The van der Waals surface area contributed by atoms with E-state index in [1.54, 1.807) is 12.1 Å². The normalized spacial score (nSPS) is 16.9. The molecule has 2 rings (SSSR count). The van der Waals surface area contributed by atoms with Gasteiger partial charge in [0.25, 0.3) is 0 Å². The van der Waals surface area contributed by atoms with Gasteiger partial charge in [-0.15, -0.1) is 0 Å². The van der Waals surface area contributed by atoms with Crippen molar-refractivity contribution in [3.05, 3.63) is 35.9 Å². The van der Waals surface area contributed by atoms with Crippen molar-refractivity contribution in [1.82, 2.24) is 10.2 Å². The quantitative estimate of drug-likeness (QED) is 0.834. The van der Waals surface area contributed by atoms with Gasteiger partial charge in [0.1, 0.15) is 0 Å². The average Bonchev–Trinajstić information content (AvgIpc) is 2.48. The van der Waals surface area contributed by atoms with Crippen LogP contribution in [0.2, 0.25) is 0 Å². The predicted octanol–water partition coefficient (Wildman–Crippen LogP) is 1.86. The minimum Gasteiger partial charge on any atom is -0.353 e. The first-order chi connectivity index (χ1) is 9.65. The number of nitrogens with one attached hydrogen (secondary N) is 1. The van der Waals surface area contributed by atoms with Crippen LogP contribution in [0.25, 0.3) is 0 Å². The lowest BCUT2D eigenvalue weighted by atomic mass is 10.0. The molecule has 1 fully saturated rings. The van der Waals surface area contributed by atoms with E-state index in [1.807, 2.05) is 18.2 Å². The number of Topliss-reactive ketones (excluding diaryl/α,β-unsaturated/α-hetero) is 1. The minimum atomic E-state index is -0.0103. The predicted molar refractivity (Wildman–Crippen MR) is 78.7 cm³/mol. The summed E-state index contributed by atoms with van der Waals surface area (Å²) >= 11 is 0. The number of nitrogens with zero attached hydrogens (tertiary/aromatic N) is 1. The van der Waals surface area contributed by atoms with E-state index in [0.29, 0.717) is 5.56 Å². The minimum absolute atomic E-state index is 0.0103. The number of hydrogen-bond acceptors (Lipinski definition) is 3. The van der Waals surface area contributed by atoms with Crippen LogP contribution in [0.1, 0.15) is 36.0 Å². The van der Waals surface area contributed by atoms with Crippen LogP contribution >= 0.6 is 0 Å². The van der Waals surface area contributed by atoms with Crippen LogP contribution in [0.15, 0.2) is 30.3 Å². The second kappa shape index (κ2) is 7.20. The summed E-state index contributed by atoms with van der Waals surface area (Å²) in [6.45, 7) is 2.04. The lowest BCUT2D eigenvalue weighted by molar-refractivity contribution is -0.122. The van der Waals surface area contributed by atoms with Gasteiger partial charge in [-0.05, 0) is 33.0 Å². The summed E-state index contributed by atoms with van der Waals surface area (Å²) in [5.41, 5.74) is 0.680. The van der Waals surface area contributed by atoms with E-state index in [0.717, 1.165) is 25.9 Å². The molecule has 108 valence electrons. The Kier molecular flexibility index (Phi) is 5.30. The molecule has 0 aromatic heterocycles. The molecule has 0 atom stereocenters. The Bertz CT molecular complexity index is 451. The van der Waals surface area contributed by atoms with Crippen LogP contribution in [-0.2, 0) is 4.79 Å². The number of carbonyl (C=O) groups excluding carboxylic acids is 2. The van der Waals surface area contributed by atoms with Crippen LogP contribution < -0.4 is 5.32 Å². The molecule has 0 saturated carbocycles. The highest BCUT2D eigenvalue weighted by Gasteiger charge is 2.18. The standard InChI is InChI=1S/C16H22N2O2/c1-18-11-9-14(10-12-18)17-16(20)8-7-15(19)13-5-3-2-4-6-13/h2-6,14H,7-12H2,1H3,(H,17,20). The molecule has 4 heteroatoms. The monoisotopic (exact) mass is 274 g/mol. The Morgan fingerprint density at radius 2 is 1.80 bits per heavy atom. The fourth-order valence-corrected chi connectivity index (χ4v) is 2.45. The van der Waals surface area contributed by atoms with E-state index in [4.69, 9.17) is 0 Å². The molecule has 1 aromatic rings. The van der Waals surface area contributed by atoms with Gasteiger partial charge in [0.15, 0.2) is 5.78 Å². The van der Waals surface area contributed by atoms with Crippen LogP contribution in [0.3, 0.4) is 0 Å². The fraction of sp³-hybridized carbons (Fsp3) is 0.500. The molecule has 4 nitrogen and oxygen atoms in total. The van der Waals surface area contributed by atoms with E-state index >= 15 is 0 Å². The number of ketones is 1. The molecular weight excluding hydrogens is 252 g/mol. The molecule has 0 unspecified atom stereocenters. The van der Waals surface area contributed by atoms with Crippen LogP contribution in [0.4, 0.5) is 0 Å². The van der Waals surface area contributed by atoms with Crippen molar-refractivity contribution < 1.29 is 9.59 Å². The Morgan fingerprint density at radius 3 is 2.45 bits per heavy atom. The number of carbonyl (C=O) groups is 2. The average molecular weight is 274 g/mol. The van der Waals surface area contributed by atoms with Gasteiger partial charge in [-0.2, -0.15) is 0 Å². The molecular formula is C16H22N2O2. The molecule has 1 aliphatic rings. The van der Waals surface area contributed by atoms with Crippen molar-refractivity contribution in [1.29, 1.82) is 0 Å². The molecule has 1 N–H and O–H groups in total. The van der Waals surface area contributed by atoms with Crippen LogP contribution in [0, 0.1) is 0 Å². The molecule has 1 aliphatic heterocycles. The van der Waals surface area contributed by atoms with E-state index in [-0.39, 0.29) is 30.6 Å². The first-order valence-corrected chi connectivity index (χ1v) is 7.21.